The number of benzene rings is 2. The van der Waals surface area contributed by atoms with E-state index in [4.69, 9.17) is 17.0 Å². The summed E-state index contributed by atoms with van der Waals surface area (Å²) in [5, 5.41) is 0. The van der Waals surface area contributed by atoms with E-state index in [1.54, 1.807) is 7.11 Å². The fourth-order valence-corrected chi connectivity index (χ4v) is 3.15. The predicted molar refractivity (Wildman–Crippen MR) is 92.5 cm³/mol. The Morgan fingerprint density at radius 3 is 2.70 bits per heavy atom. The highest BCUT2D eigenvalue weighted by Crippen LogP contribution is 2.25. The molecule has 0 amide bonds. The second-order valence-corrected chi connectivity index (χ2v) is 6.21. The van der Waals surface area contributed by atoms with Crippen molar-refractivity contribution in [1.82, 2.24) is 9.55 Å². The lowest BCUT2D eigenvalue weighted by molar-refractivity contribution is 0.411. The lowest BCUT2D eigenvalue weighted by Crippen LogP contribution is -1.96. The van der Waals surface area contributed by atoms with Crippen molar-refractivity contribution in [2.45, 2.75) is 6.92 Å². The summed E-state index contributed by atoms with van der Waals surface area (Å²) in [6.07, 6.45) is 0. The number of rotatable bonds is 2. The van der Waals surface area contributed by atoms with E-state index in [-0.39, 0.29) is 0 Å². The van der Waals surface area contributed by atoms with E-state index < -0.39 is 0 Å². The van der Waals surface area contributed by atoms with Crippen LogP contribution in [0.3, 0.4) is 0 Å². The van der Waals surface area contributed by atoms with Gasteiger partial charge in [0, 0.05) is 9.26 Å². The van der Waals surface area contributed by atoms with Crippen molar-refractivity contribution in [1.29, 1.82) is 0 Å². The van der Waals surface area contributed by atoms with E-state index in [1.165, 1.54) is 3.57 Å². The summed E-state index contributed by atoms with van der Waals surface area (Å²) in [5.41, 5.74) is 4.27. The molecule has 0 saturated heterocycles. The maximum Gasteiger partial charge on any atom is 0.182 e. The van der Waals surface area contributed by atoms with Gasteiger partial charge in [-0.25, -0.2) is 0 Å². The Morgan fingerprint density at radius 1 is 1.20 bits per heavy atom. The summed E-state index contributed by atoms with van der Waals surface area (Å²) in [6.45, 7) is 2.03. The molecule has 0 atom stereocenters. The molecule has 2 aromatic carbocycles. The van der Waals surface area contributed by atoms with Crippen LogP contribution >= 0.6 is 34.8 Å². The van der Waals surface area contributed by atoms with Crippen molar-refractivity contribution in [2.75, 3.05) is 7.11 Å². The summed E-state index contributed by atoms with van der Waals surface area (Å²) in [7, 11) is 1.68. The van der Waals surface area contributed by atoms with Crippen molar-refractivity contribution in [2.24, 2.45) is 0 Å². The number of aryl methyl sites for hydroxylation is 1. The van der Waals surface area contributed by atoms with E-state index in [2.05, 4.69) is 51.8 Å². The molecule has 0 spiro atoms. The Hall–Kier alpha value is -1.34. The van der Waals surface area contributed by atoms with Gasteiger partial charge >= 0.3 is 0 Å². The monoisotopic (exact) mass is 396 g/mol. The SMILES string of the molecule is COc1ccc(-n2c(=S)[nH]c3cc(I)ccc32)cc1C. The number of H-pyrrole nitrogens is 1. The normalized spacial score (nSPS) is 10.9. The summed E-state index contributed by atoms with van der Waals surface area (Å²) >= 11 is 7.75. The Kier molecular flexibility index (Phi) is 3.55. The second-order valence-electron chi connectivity index (χ2n) is 4.58. The molecular weight excluding hydrogens is 383 g/mol. The second kappa shape index (κ2) is 5.21. The first kappa shape index (κ1) is 13.6. The number of hydrogen-bond acceptors (Lipinski definition) is 2. The molecule has 0 aliphatic carbocycles. The average Bonchev–Trinajstić information content (AvgIpc) is 2.73. The van der Waals surface area contributed by atoms with Gasteiger partial charge in [0.15, 0.2) is 4.77 Å². The van der Waals surface area contributed by atoms with Crippen LogP contribution in [0.25, 0.3) is 16.7 Å². The van der Waals surface area contributed by atoms with Crippen LogP contribution in [0.4, 0.5) is 0 Å². The molecule has 0 bridgehead atoms. The van der Waals surface area contributed by atoms with Crippen molar-refractivity contribution in [3.05, 3.63) is 50.3 Å². The van der Waals surface area contributed by atoms with E-state index >= 15 is 0 Å². The van der Waals surface area contributed by atoms with E-state index in [1.807, 2.05) is 23.6 Å². The van der Waals surface area contributed by atoms with Gasteiger partial charge in [-0.3, -0.25) is 4.57 Å². The number of hydrogen-bond donors (Lipinski definition) is 1. The minimum absolute atomic E-state index is 0.701. The predicted octanol–water partition coefficient (Wildman–Crippen LogP) is 4.61. The smallest absolute Gasteiger partial charge is 0.182 e. The van der Waals surface area contributed by atoms with Crippen LogP contribution in [0.15, 0.2) is 36.4 Å². The van der Waals surface area contributed by atoms with Crippen LogP contribution < -0.4 is 4.74 Å². The van der Waals surface area contributed by atoms with Gasteiger partial charge in [-0.1, -0.05) is 0 Å². The number of aromatic amines is 1. The number of methoxy groups -OCH3 is 1. The van der Waals surface area contributed by atoms with Gasteiger partial charge in [-0.05, 0) is 83.7 Å². The maximum atomic E-state index is 5.46. The number of imidazole rings is 1. The molecule has 0 saturated carbocycles. The van der Waals surface area contributed by atoms with Gasteiger partial charge in [0.25, 0.3) is 0 Å². The first-order valence-corrected chi connectivity index (χ1v) is 7.64. The molecular formula is C15H13IN2OS. The molecule has 1 heterocycles. The lowest BCUT2D eigenvalue weighted by atomic mass is 10.2. The Labute approximate surface area is 135 Å². The molecule has 3 nitrogen and oxygen atoms in total. The van der Waals surface area contributed by atoms with Crippen LogP contribution in [0.5, 0.6) is 5.75 Å². The van der Waals surface area contributed by atoms with Gasteiger partial charge < -0.3 is 9.72 Å². The zero-order valence-corrected chi connectivity index (χ0v) is 14.1. The minimum atomic E-state index is 0.701. The zero-order valence-electron chi connectivity index (χ0n) is 11.1. The minimum Gasteiger partial charge on any atom is -0.496 e. The van der Waals surface area contributed by atoms with Gasteiger partial charge in [-0.2, -0.15) is 0 Å². The van der Waals surface area contributed by atoms with Gasteiger partial charge in [0.2, 0.25) is 0 Å². The Morgan fingerprint density at radius 2 is 2.00 bits per heavy atom. The average molecular weight is 396 g/mol. The number of ether oxygens (including phenoxy) is 1. The highest BCUT2D eigenvalue weighted by Gasteiger charge is 2.08. The maximum absolute atomic E-state index is 5.46. The number of nitrogens with one attached hydrogen (secondary N) is 1. The van der Waals surface area contributed by atoms with E-state index in [9.17, 15) is 0 Å². The highest BCUT2D eigenvalue weighted by atomic mass is 127. The number of nitrogens with zero attached hydrogens (tertiary/aromatic N) is 1. The Bertz CT molecular complexity index is 851. The van der Waals surface area contributed by atoms with Crippen molar-refractivity contribution >= 4 is 45.8 Å². The van der Waals surface area contributed by atoms with Crippen LogP contribution in [-0.4, -0.2) is 16.7 Å². The standard InChI is InChI=1S/C15H13IN2OS/c1-9-7-11(4-6-14(9)19-2)18-13-5-3-10(16)8-12(13)17-15(18)20/h3-8H,1-2H3,(H,17,20). The van der Waals surface area contributed by atoms with Crippen LogP contribution in [0.2, 0.25) is 0 Å². The molecule has 0 aliphatic heterocycles. The fourth-order valence-electron chi connectivity index (χ4n) is 2.34. The van der Waals surface area contributed by atoms with Crippen molar-refractivity contribution in [3.8, 4) is 11.4 Å². The lowest BCUT2D eigenvalue weighted by Gasteiger charge is -2.09. The Balaban J connectivity index is 2.26. The topological polar surface area (TPSA) is 29.9 Å². The molecule has 0 unspecified atom stereocenters. The van der Waals surface area contributed by atoms with Crippen LogP contribution in [0.1, 0.15) is 5.56 Å². The number of fused-ring (bicyclic) bond motifs is 1. The molecule has 1 aromatic heterocycles. The molecule has 3 aromatic rings. The molecule has 5 heteroatoms. The summed E-state index contributed by atoms with van der Waals surface area (Å²) < 4.78 is 9.24. The van der Waals surface area contributed by atoms with Crippen molar-refractivity contribution in [3.63, 3.8) is 0 Å². The molecule has 3 rings (SSSR count). The summed E-state index contributed by atoms with van der Waals surface area (Å²) in [6, 6.07) is 12.3. The number of halogens is 1. The quantitative estimate of drug-likeness (QED) is 0.507. The van der Waals surface area contributed by atoms with Gasteiger partial charge in [0.1, 0.15) is 5.75 Å². The van der Waals surface area contributed by atoms with Crippen LogP contribution in [-0.2, 0) is 0 Å². The first-order chi connectivity index (χ1) is 9.60. The van der Waals surface area contributed by atoms with Gasteiger partial charge in [-0.15, -0.1) is 0 Å². The zero-order chi connectivity index (χ0) is 14.3. The molecule has 20 heavy (non-hydrogen) atoms. The van der Waals surface area contributed by atoms with E-state index in [0.29, 0.717) is 4.77 Å². The fraction of sp³-hybridized carbons (Fsp3) is 0.133. The molecule has 0 radical (unpaired) electrons. The third kappa shape index (κ3) is 2.25. The summed E-state index contributed by atoms with van der Waals surface area (Å²) in [5.74, 6) is 0.884. The van der Waals surface area contributed by atoms with Gasteiger partial charge in [0.05, 0.1) is 18.1 Å². The third-order valence-electron chi connectivity index (χ3n) is 3.28. The summed E-state index contributed by atoms with van der Waals surface area (Å²) in [4.78, 5) is 3.26. The van der Waals surface area contributed by atoms with Crippen LogP contribution in [0, 0.1) is 15.3 Å². The largest absolute Gasteiger partial charge is 0.496 e. The third-order valence-corrected chi connectivity index (χ3v) is 4.24. The first-order valence-electron chi connectivity index (χ1n) is 6.15. The number of aromatic nitrogens is 2. The molecule has 0 fully saturated rings. The van der Waals surface area contributed by atoms with Crippen molar-refractivity contribution < 1.29 is 4.74 Å². The highest BCUT2D eigenvalue weighted by molar-refractivity contribution is 14.1. The molecule has 102 valence electrons. The molecule has 0 aliphatic rings. The van der Waals surface area contributed by atoms with E-state index in [0.717, 1.165) is 28.0 Å². The molecule has 1 N–H and O–H groups in total.